The van der Waals surface area contributed by atoms with Gasteiger partial charge >= 0.3 is 0 Å². The number of nitrogens with zero attached hydrogens (tertiary/aromatic N) is 1. The molecule has 2 aliphatic rings. The smallest absolute Gasteiger partial charge is 0.237 e. The van der Waals surface area contributed by atoms with Gasteiger partial charge in [-0.2, -0.15) is 0 Å². The Balaban J connectivity index is 1.92. The molecule has 2 fully saturated rings. The largest absolute Gasteiger partial charge is 0.339 e. The third-order valence-electron chi connectivity index (χ3n) is 3.60. The summed E-state index contributed by atoms with van der Waals surface area (Å²) in [5.74, 6) is -0.518. The molecule has 1 aliphatic carbocycles. The lowest BCUT2D eigenvalue weighted by molar-refractivity contribution is -0.128. The summed E-state index contributed by atoms with van der Waals surface area (Å²) in [5.41, 5.74) is 0. The van der Waals surface area contributed by atoms with Crippen molar-refractivity contribution < 1.29 is 13.2 Å². The fourth-order valence-electron chi connectivity index (χ4n) is 2.54. The first kappa shape index (κ1) is 12.8. The molecule has 2 rings (SSSR count). The predicted octanol–water partition coefficient (Wildman–Crippen LogP) is -0.224. The van der Waals surface area contributed by atoms with Gasteiger partial charge in [-0.3, -0.25) is 4.79 Å². The van der Waals surface area contributed by atoms with E-state index in [2.05, 4.69) is 5.32 Å². The van der Waals surface area contributed by atoms with Crippen molar-refractivity contribution in [3.8, 4) is 0 Å². The summed E-state index contributed by atoms with van der Waals surface area (Å²) < 4.78 is 24.0. The number of carbonyl (C=O) groups is 1. The lowest BCUT2D eigenvalue weighted by Crippen LogP contribution is -2.48. The summed E-state index contributed by atoms with van der Waals surface area (Å²) >= 11 is 0. The van der Waals surface area contributed by atoms with Crippen LogP contribution in [0.25, 0.3) is 0 Å². The van der Waals surface area contributed by atoms with Crippen molar-refractivity contribution in [2.24, 2.45) is 0 Å². The van der Waals surface area contributed by atoms with Gasteiger partial charge in [0, 0.05) is 26.2 Å². The maximum Gasteiger partial charge on any atom is 0.237 e. The molecule has 5 nitrogen and oxygen atoms in total. The van der Waals surface area contributed by atoms with Gasteiger partial charge in [-0.25, -0.2) is 8.42 Å². The normalized spacial score (nSPS) is 22.9. The summed E-state index contributed by atoms with van der Waals surface area (Å²) in [5, 5.41) is 2.88. The molecular formula is C11H20N2O3S. The van der Waals surface area contributed by atoms with Crippen molar-refractivity contribution >= 4 is 15.7 Å². The van der Waals surface area contributed by atoms with Crippen LogP contribution in [0.4, 0.5) is 0 Å². The second-order valence-corrected chi connectivity index (χ2v) is 7.13. The quantitative estimate of drug-likeness (QED) is 0.761. The molecule has 1 saturated heterocycles. The highest BCUT2D eigenvalue weighted by molar-refractivity contribution is 7.92. The van der Waals surface area contributed by atoms with Crippen LogP contribution in [-0.2, 0) is 14.6 Å². The summed E-state index contributed by atoms with van der Waals surface area (Å²) in [6, 6.07) is 0. The molecule has 0 aromatic heterocycles. The standard InChI is InChI=1S/C11H20N2O3S/c14-11(13-7-5-12-6-8-13)9-17(15,16)10-3-1-2-4-10/h10,12H,1-9H2. The van der Waals surface area contributed by atoms with Crippen LogP contribution >= 0.6 is 0 Å². The van der Waals surface area contributed by atoms with Gasteiger partial charge in [0.25, 0.3) is 0 Å². The minimum absolute atomic E-state index is 0.224. The Morgan fingerprint density at radius 3 is 2.35 bits per heavy atom. The highest BCUT2D eigenvalue weighted by atomic mass is 32.2. The average molecular weight is 260 g/mol. The van der Waals surface area contributed by atoms with Crippen molar-refractivity contribution in [1.82, 2.24) is 10.2 Å². The van der Waals surface area contributed by atoms with Gasteiger partial charge in [0.2, 0.25) is 5.91 Å². The fraction of sp³-hybridized carbons (Fsp3) is 0.909. The summed E-state index contributed by atoms with van der Waals surface area (Å²) in [7, 11) is -3.22. The molecule has 1 amide bonds. The first-order valence-corrected chi connectivity index (χ1v) is 8.01. The van der Waals surface area contributed by atoms with Gasteiger partial charge in [0.15, 0.2) is 9.84 Å². The fourth-order valence-corrected chi connectivity index (χ4v) is 4.36. The van der Waals surface area contributed by atoms with Gasteiger partial charge in [0.05, 0.1) is 5.25 Å². The Morgan fingerprint density at radius 1 is 1.18 bits per heavy atom. The van der Waals surface area contributed by atoms with Gasteiger partial charge in [-0.15, -0.1) is 0 Å². The van der Waals surface area contributed by atoms with Crippen LogP contribution < -0.4 is 5.32 Å². The topological polar surface area (TPSA) is 66.5 Å². The molecule has 0 radical (unpaired) electrons. The molecule has 0 atom stereocenters. The van der Waals surface area contributed by atoms with E-state index in [1.807, 2.05) is 0 Å². The van der Waals surface area contributed by atoms with Gasteiger partial charge in [-0.1, -0.05) is 12.8 Å². The monoisotopic (exact) mass is 260 g/mol. The van der Waals surface area contributed by atoms with Gasteiger partial charge in [-0.05, 0) is 12.8 Å². The summed E-state index contributed by atoms with van der Waals surface area (Å²) in [4.78, 5) is 13.5. The molecule has 0 bridgehead atoms. The molecule has 6 heteroatoms. The summed E-state index contributed by atoms with van der Waals surface area (Å²) in [6.07, 6.45) is 3.42. The highest BCUT2D eigenvalue weighted by Crippen LogP contribution is 2.25. The van der Waals surface area contributed by atoms with E-state index in [0.717, 1.165) is 38.8 Å². The second kappa shape index (κ2) is 5.35. The molecule has 0 aromatic carbocycles. The van der Waals surface area contributed by atoms with Crippen LogP contribution in [0.15, 0.2) is 0 Å². The van der Waals surface area contributed by atoms with Crippen molar-refractivity contribution in [2.45, 2.75) is 30.9 Å². The van der Waals surface area contributed by atoms with Crippen LogP contribution in [0.1, 0.15) is 25.7 Å². The van der Waals surface area contributed by atoms with Gasteiger partial charge in [0.1, 0.15) is 5.75 Å². The number of carbonyl (C=O) groups excluding carboxylic acids is 1. The lowest BCUT2D eigenvalue weighted by atomic mass is 10.3. The summed E-state index contributed by atoms with van der Waals surface area (Å²) in [6.45, 7) is 2.77. The van der Waals surface area contributed by atoms with Crippen molar-refractivity contribution in [1.29, 1.82) is 0 Å². The minimum Gasteiger partial charge on any atom is -0.339 e. The SMILES string of the molecule is O=C(CS(=O)(=O)C1CCCC1)N1CCNCC1. The van der Waals surface area contributed by atoms with E-state index < -0.39 is 9.84 Å². The molecule has 0 spiro atoms. The number of hydrogen-bond donors (Lipinski definition) is 1. The molecule has 1 saturated carbocycles. The third-order valence-corrected chi connectivity index (χ3v) is 5.74. The number of amides is 1. The predicted molar refractivity (Wildman–Crippen MR) is 65.5 cm³/mol. The maximum atomic E-state index is 12.0. The van der Waals surface area contributed by atoms with E-state index in [9.17, 15) is 13.2 Å². The molecular weight excluding hydrogens is 240 g/mol. The zero-order valence-corrected chi connectivity index (χ0v) is 10.8. The minimum atomic E-state index is -3.22. The van der Waals surface area contributed by atoms with E-state index in [-0.39, 0.29) is 16.9 Å². The van der Waals surface area contributed by atoms with Crippen molar-refractivity contribution in [2.75, 3.05) is 31.9 Å². The second-order valence-electron chi connectivity index (χ2n) is 4.84. The Hall–Kier alpha value is -0.620. The Morgan fingerprint density at radius 2 is 1.76 bits per heavy atom. The molecule has 1 N–H and O–H groups in total. The molecule has 0 aromatic rings. The van der Waals surface area contributed by atoms with E-state index in [1.165, 1.54) is 0 Å². The third kappa shape index (κ3) is 3.19. The Bertz CT molecular complexity index is 368. The number of nitrogens with one attached hydrogen (secondary N) is 1. The molecule has 1 aliphatic heterocycles. The zero-order chi connectivity index (χ0) is 12.3. The number of rotatable bonds is 3. The van der Waals surface area contributed by atoms with E-state index >= 15 is 0 Å². The molecule has 0 unspecified atom stereocenters. The number of hydrogen-bond acceptors (Lipinski definition) is 4. The van der Waals surface area contributed by atoms with Crippen LogP contribution in [0.3, 0.4) is 0 Å². The molecule has 98 valence electrons. The zero-order valence-electron chi connectivity index (χ0n) is 10.0. The van der Waals surface area contributed by atoms with Gasteiger partial charge < -0.3 is 10.2 Å². The number of sulfone groups is 1. The van der Waals surface area contributed by atoms with Crippen molar-refractivity contribution in [3.63, 3.8) is 0 Å². The van der Waals surface area contributed by atoms with E-state index in [1.54, 1.807) is 4.90 Å². The van der Waals surface area contributed by atoms with Crippen LogP contribution in [0, 0.1) is 0 Å². The lowest BCUT2D eigenvalue weighted by Gasteiger charge is -2.27. The van der Waals surface area contributed by atoms with E-state index in [0.29, 0.717) is 13.1 Å². The Kier molecular flexibility index (Phi) is 4.04. The number of piperazine rings is 1. The maximum absolute atomic E-state index is 12.0. The van der Waals surface area contributed by atoms with E-state index in [4.69, 9.17) is 0 Å². The highest BCUT2D eigenvalue weighted by Gasteiger charge is 2.32. The average Bonchev–Trinajstić information content (AvgIpc) is 2.84. The first-order chi connectivity index (χ1) is 8.09. The Labute approximate surface area is 102 Å². The van der Waals surface area contributed by atoms with Crippen LogP contribution in [-0.4, -0.2) is 56.4 Å². The van der Waals surface area contributed by atoms with Crippen LogP contribution in [0.5, 0.6) is 0 Å². The molecule has 1 heterocycles. The van der Waals surface area contributed by atoms with Crippen molar-refractivity contribution in [3.05, 3.63) is 0 Å². The van der Waals surface area contributed by atoms with Crippen LogP contribution in [0.2, 0.25) is 0 Å². The molecule has 17 heavy (non-hydrogen) atoms. The first-order valence-electron chi connectivity index (χ1n) is 6.30.